The van der Waals surface area contributed by atoms with Gasteiger partial charge in [-0.2, -0.15) is 5.10 Å². The maximum absolute atomic E-state index is 10.9. The number of carbonyl (C=O) groups is 1. The standard InChI is InChI=1S/C29H32ClN7O3Si/c1-19-33-23-6-5-22(11-26(23)36(19)18-39-9-10-41(2,3)4)40-27-8-7-24-29(28(27)30)34-25(13-31-24)20-12-32-37(14-20)21-15-35(16-21)17-38/h5-8,11-14,17,21H,9-10,15-16,18H2,1-4H3. The van der Waals surface area contributed by atoms with E-state index in [0.717, 1.165) is 41.5 Å². The van der Waals surface area contributed by atoms with Gasteiger partial charge in [-0.15, -0.1) is 0 Å². The van der Waals surface area contributed by atoms with Crippen molar-refractivity contribution in [3.63, 3.8) is 0 Å². The smallest absolute Gasteiger partial charge is 0.209 e. The zero-order chi connectivity index (χ0) is 28.7. The van der Waals surface area contributed by atoms with E-state index in [1.165, 1.54) is 0 Å². The van der Waals surface area contributed by atoms with E-state index in [-0.39, 0.29) is 6.04 Å². The van der Waals surface area contributed by atoms with E-state index < -0.39 is 8.07 Å². The van der Waals surface area contributed by atoms with Gasteiger partial charge >= 0.3 is 0 Å². The Morgan fingerprint density at radius 2 is 1.90 bits per heavy atom. The number of aryl methyl sites for hydroxylation is 1. The van der Waals surface area contributed by atoms with Crippen molar-refractivity contribution in [2.75, 3.05) is 19.7 Å². The predicted molar refractivity (Wildman–Crippen MR) is 161 cm³/mol. The van der Waals surface area contributed by atoms with Gasteiger partial charge in [-0.25, -0.2) is 9.97 Å². The molecule has 6 rings (SSSR count). The number of ether oxygens (including phenoxy) is 2. The first-order chi connectivity index (χ1) is 19.7. The molecule has 0 unspecified atom stereocenters. The number of amides is 1. The van der Waals surface area contributed by atoms with Gasteiger partial charge in [-0.1, -0.05) is 31.2 Å². The highest BCUT2D eigenvalue weighted by atomic mass is 35.5. The number of halogens is 1. The average Bonchev–Trinajstić information content (AvgIpc) is 3.51. The molecule has 1 amide bonds. The van der Waals surface area contributed by atoms with Crippen LogP contribution in [0.15, 0.2) is 48.9 Å². The van der Waals surface area contributed by atoms with Crippen molar-refractivity contribution in [1.82, 2.24) is 34.2 Å². The van der Waals surface area contributed by atoms with Crippen LogP contribution in [0.3, 0.4) is 0 Å². The van der Waals surface area contributed by atoms with Crippen molar-refractivity contribution in [3.05, 3.63) is 59.8 Å². The normalized spacial score (nSPS) is 14.1. The molecule has 0 radical (unpaired) electrons. The van der Waals surface area contributed by atoms with E-state index in [4.69, 9.17) is 26.1 Å². The third kappa shape index (κ3) is 5.70. The molecular weight excluding hydrogens is 558 g/mol. The summed E-state index contributed by atoms with van der Waals surface area (Å²) in [7, 11) is -1.16. The number of likely N-dealkylation sites (tertiary alicyclic amines) is 1. The molecule has 1 fully saturated rings. The third-order valence-corrected chi connectivity index (χ3v) is 9.35. The van der Waals surface area contributed by atoms with Gasteiger partial charge in [0.15, 0.2) is 0 Å². The number of aromatic nitrogens is 6. The summed E-state index contributed by atoms with van der Waals surface area (Å²) >= 11 is 6.82. The molecule has 12 heteroatoms. The molecule has 0 spiro atoms. The minimum Gasteiger partial charge on any atom is -0.456 e. The summed E-state index contributed by atoms with van der Waals surface area (Å²) in [6.07, 6.45) is 6.24. The first-order valence-electron chi connectivity index (χ1n) is 13.6. The molecule has 5 aromatic rings. The van der Waals surface area contributed by atoms with Crippen molar-refractivity contribution < 1.29 is 14.3 Å². The summed E-state index contributed by atoms with van der Waals surface area (Å²) in [6, 6.07) is 10.7. The Morgan fingerprint density at radius 3 is 2.68 bits per heavy atom. The fourth-order valence-electron chi connectivity index (χ4n) is 4.77. The zero-order valence-electron chi connectivity index (χ0n) is 23.5. The highest BCUT2D eigenvalue weighted by Gasteiger charge is 2.27. The fourth-order valence-corrected chi connectivity index (χ4v) is 5.76. The fraction of sp³-hybridized carbons (Fsp3) is 0.345. The lowest BCUT2D eigenvalue weighted by Crippen LogP contribution is -2.46. The quantitative estimate of drug-likeness (QED) is 0.113. The van der Waals surface area contributed by atoms with Gasteiger partial charge in [-0.05, 0) is 37.2 Å². The monoisotopic (exact) mass is 589 g/mol. The lowest BCUT2D eigenvalue weighted by atomic mass is 10.1. The maximum atomic E-state index is 10.9. The molecule has 0 saturated carbocycles. The molecule has 0 bridgehead atoms. The summed E-state index contributed by atoms with van der Waals surface area (Å²) in [5, 5.41) is 4.84. The Hall–Kier alpha value is -3.80. The topological polar surface area (TPSA) is 100 Å². The van der Waals surface area contributed by atoms with Gasteiger partial charge in [0.1, 0.15) is 34.6 Å². The molecule has 0 N–H and O–H groups in total. The first-order valence-corrected chi connectivity index (χ1v) is 17.7. The Balaban J connectivity index is 1.23. The van der Waals surface area contributed by atoms with Crippen LogP contribution < -0.4 is 4.74 Å². The number of benzene rings is 2. The largest absolute Gasteiger partial charge is 0.456 e. The van der Waals surface area contributed by atoms with Gasteiger partial charge in [0, 0.05) is 45.6 Å². The third-order valence-electron chi connectivity index (χ3n) is 7.28. The molecule has 1 saturated heterocycles. The molecule has 1 aliphatic rings. The van der Waals surface area contributed by atoms with E-state index in [1.54, 1.807) is 23.4 Å². The number of hydrogen-bond donors (Lipinski definition) is 0. The number of rotatable bonds is 10. The number of fused-ring (bicyclic) bond motifs is 2. The lowest BCUT2D eigenvalue weighted by molar-refractivity contribution is -0.123. The van der Waals surface area contributed by atoms with Gasteiger partial charge < -0.3 is 18.9 Å². The Labute approximate surface area is 243 Å². The summed E-state index contributed by atoms with van der Waals surface area (Å²) in [4.78, 5) is 26.6. The molecule has 4 heterocycles. The van der Waals surface area contributed by atoms with E-state index in [2.05, 4.69) is 39.3 Å². The summed E-state index contributed by atoms with van der Waals surface area (Å²) < 4.78 is 16.2. The van der Waals surface area contributed by atoms with Crippen molar-refractivity contribution in [1.29, 1.82) is 0 Å². The number of carbonyl (C=O) groups excluding carboxylic acids is 1. The van der Waals surface area contributed by atoms with Crippen molar-refractivity contribution in [2.24, 2.45) is 0 Å². The van der Waals surface area contributed by atoms with Crippen LogP contribution in [0.2, 0.25) is 30.7 Å². The highest BCUT2D eigenvalue weighted by Crippen LogP contribution is 2.36. The maximum Gasteiger partial charge on any atom is 0.209 e. The second kappa shape index (κ2) is 10.9. The molecular formula is C29H32ClN7O3Si. The van der Waals surface area contributed by atoms with Crippen LogP contribution in [0.1, 0.15) is 11.9 Å². The van der Waals surface area contributed by atoms with Crippen LogP contribution in [-0.2, 0) is 16.3 Å². The number of nitrogens with zero attached hydrogens (tertiary/aromatic N) is 7. The Morgan fingerprint density at radius 1 is 1.10 bits per heavy atom. The van der Waals surface area contributed by atoms with Crippen molar-refractivity contribution in [2.45, 2.75) is 45.4 Å². The Kier molecular flexibility index (Phi) is 7.26. The molecule has 0 aliphatic carbocycles. The first kappa shape index (κ1) is 27.4. The molecule has 212 valence electrons. The van der Waals surface area contributed by atoms with E-state index in [1.807, 2.05) is 42.1 Å². The minimum atomic E-state index is -1.16. The van der Waals surface area contributed by atoms with Crippen LogP contribution in [-0.4, -0.2) is 68.4 Å². The van der Waals surface area contributed by atoms with Crippen LogP contribution in [0.4, 0.5) is 0 Å². The summed E-state index contributed by atoms with van der Waals surface area (Å²) in [5.41, 5.74) is 4.51. The van der Waals surface area contributed by atoms with Gasteiger partial charge in [-0.3, -0.25) is 14.5 Å². The van der Waals surface area contributed by atoms with Gasteiger partial charge in [0.2, 0.25) is 6.41 Å². The summed E-state index contributed by atoms with van der Waals surface area (Å²) in [6.45, 7) is 11.5. The second-order valence-corrected chi connectivity index (χ2v) is 17.6. The van der Waals surface area contributed by atoms with E-state index in [9.17, 15) is 4.79 Å². The highest BCUT2D eigenvalue weighted by molar-refractivity contribution is 6.76. The van der Waals surface area contributed by atoms with Gasteiger partial charge in [0.05, 0.1) is 40.7 Å². The molecule has 41 heavy (non-hydrogen) atoms. The van der Waals surface area contributed by atoms with Gasteiger partial charge in [0.25, 0.3) is 0 Å². The zero-order valence-corrected chi connectivity index (χ0v) is 25.3. The molecule has 3 aromatic heterocycles. The SMILES string of the molecule is Cc1nc2ccc(Oc3ccc4ncc(-c5cnn(C6CN(C=O)C6)c5)nc4c3Cl)cc2n1COCC[Si](C)(C)C. The van der Waals surface area contributed by atoms with E-state index >= 15 is 0 Å². The van der Waals surface area contributed by atoms with Crippen LogP contribution in [0, 0.1) is 6.92 Å². The molecule has 1 aliphatic heterocycles. The van der Waals surface area contributed by atoms with Crippen LogP contribution in [0.5, 0.6) is 11.5 Å². The molecule has 10 nitrogen and oxygen atoms in total. The number of imidazole rings is 1. The van der Waals surface area contributed by atoms with E-state index in [0.29, 0.717) is 53.1 Å². The van der Waals surface area contributed by atoms with Crippen molar-refractivity contribution >= 4 is 48.2 Å². The van der Waals surface area contributed by atoms with Crippen LogP contribution in [0.25, 0.3) is 33.3 Å². The molecule has 2 aromatic carbocycles. The molecule has 0 atom stereocenters. The predicted octanol–water partition coefficient (Wildman–Crippen LogP) is 5.92. The second-order valence-electron chi connectivity index (χ2n) is 11.6. The lowest BCUT2D eigenvalue weighted by Gasteiger charge is -2.36. The number of hydrogen-bond acceptors (Lipinski definition) is 7. The van der Waals surface area contributed by atoms with Crippen molar-refractivity contribution in [3.8, 4) is 22.8 Å². The summed E-state index contributed by atoms with van der Waals surface area (Å²) in [5.74, 6) is 2.01. The minimum absolute atomic E-state index is 0.167. The Bertz CT molecular complexity index is 1740. The average molecular weight is 590 g/mol. The van der Waals surface area contributed by atoms with Crippen LogP contribution >= 0.6 is 11.6 Å².